The molecule has 0 aliphatic carbocycles. The van der Waals surface area contributed by atoms with Gasteiger partial charge < -0.3 is 15.4 Å². The summed E-state index contributed by atoms with van der Waals surface area (Å²) in [7, 11) is 3.38. The van der Waals surface area contributed by atoms with Gasteiger partial charge >= 0.3 is 0 Å². The summed E-state index contributed by atoms with van der Waals surface area (Å²) in [5.74, 6) is -0.105. The summed E-state index contributed by atoms with van der Waals surface area (Å²) >= 11 is 5.98. The van der Waals surface area contributed by atoms with E-state index in [0.29, 0.717) is 29.4 Å². The summed E-state index contributed by atoms with van der Waals surface area (Å²) < 4.78 is 4.94. The van der Waals surface area contributed by atoms with Gasteiger partial charge in [-0.2, -0.15) is 0 Å². The number of rotatable bonds is 5. The van der Waals surface area contributed by atoms with Crippen LogP contribution in [0.15, 0.2) is 18.2 Å². The molecular weight excluding hydrogens is 240 g/mol. The number of benzene rings is 1. The summed E-state index contributed by atoms with van der Waals surface area (Å²) in [5.41, 5.74) is 6.60. The molecule has 5 heteroatoms. The predicted molar refractivity (Wildman–Crippen MR) is 69.3 cm³/mol. The molecule has 0 spiro atoms. The van der Waals surface area contributed by atoms with Gasteiger partial charge in [0.25, 0.3) is 5.91 Å². The van der Waals surface area contributed by atoms with E-state index >= 15 is 0 Å². The number of hydrogen-bond acceptors (Lipinski definition) is 3. The summed E-state index contributed by atoms with van der Waals surface area (Å²) in [4.78, 5) is 13.7. The summed E-state index contributed by atoms with van der Waals surface area (Å²) in [6, 6.07) is 4.90. The van der Waals surface area contributed by atoms with E-state index in [9.17, 15) is 4.79 Å². The molecule has 1 rings (SSSR count). The molecule has 0 unspecified atom stereocenters. The van der Waals surface area contributed by atoms with Crippen LogP contribution in [-0.2, 0) is 4.74 Å². The Hall–Kier alpha value is -1.26. The molecule has 1 amide bonds. The van der Waals surface area contributed by atoms with Gasteiger partial charge in [0, 0.05) is 33.0 Å². The van der Waals surface area contributed by atoms with E-state index < -0.39 is 0 Å². The second kappa shape index (κ2) is 6.47. The van der Waals surface area contributed by atoms with E-state index in [2.05, 4.69) is 0 Å². The first kappa shape index (κ1) is 13.8. The van der Waals surface area contributed by atoms with Crippen LogP contribution in [-0.4, -0.2) is 38.1 Å². The zero-order valence-electron chi connectivity index (χ0n) is 10.1. The molecule has 2 N–H and O–H groups in total. The molecular formula is C12H17ClN2O2. The van der Waals surface area contributed by atoms with Crippen LogP contribution in [0.4, 0.5) is 5.69 Å². The molecule has 0 bridgehead atoms. The number of methoxy groups -OCH3 is 1. The Morgan fingerprint density at radius 3 is 2.82 bits per heavy atom. The molecule has 0 saturated heterocycles. The van der Waals surface area contributed by atoms with Crippen LogP contribution in [0.5, 0.6) is 0 Å². The van der Waals surface area contributed by atoms with Crippen molar-refractivity contribution in [3.05, 3.63) is 28.8 Å². The Kier molecular flexibility index (Phi) is 5.25. The fraction of sp³-hybridized carbons (Fsp3) is 0.417. The average molecular weight is 257 g/mol. The van der Waals surface area contributed by atoms with Crippen molar-refractivity contribution in [2.45, 2.75) is 6.42 Å². The van der Waals surface area contributed by atoms with Crippen molar-refractivity contribution >= 4 is 23.2 Å². The smallest absolute Gasteiger partial charge is 0.255 e. The minimum Gasteiger partial charge on any atom is -0.399 e. The highest BCUT2D eigenvalue weighted by Gasteiger charge is 2.14. The zero-order chi connectivity index (χ0) is 12.8. The van der Waals surface area contributed by atoms with Crippen LogP contribution in [0.1, 0.15) is 16.8 Å². The fourth-order valence-electron chi connectivity index (χ4n) is 1.46. The molecule has 17 heavy (non-hydrogen) atoms. The lowest BCUT2D eigenvalue weighted by atomic mass is 10.2. The average Bonchev–Trinajstić information content (AvgIpc) is 2.28. The minimum atomic E-state index is -0.105. The summed E-state index contributed by atoms with van der Waals surface area (Å²) in [6.45, 7) is 1.26. The maximum atomic E-state index is 12.0. The van der Waals surface area contributed by atoms with E-state index in [1.165, 1.54) is 0 Å². The topological polar surface area (TPSA) is 55.6 Å². The highest BCUT2D eigenvalue weighted by molar-refractivity contribution is 6.34. The number of nitrogen functional groups attached to an aromatic ring is 1. The molecule has 0 atom stereocenters. The van der Waals surface area contributed by atoms with Crippen LogP contribution in [0.25, 0.3) is 0 Å². The zero-order valence-corrected chi connectivity index (χ0v) is 10.8. The number of nitrogens with zero attached hydrogens (tertiary/aromatic N) is 1. The van der Waals surface area contributed by atoms with E-state index in [4.69, 9.17) is 22.1 Å². The Bertz CT molecular complexity index is 396. The quantitative estimate of drug-likeness (QED) is 0.648. The molecule has 0 radical (unpaired) electrons. The van der Waals surface area contributed by atoms with Gasteiger partial charge in [-0.3, -0.25) is 4.79 Å². The number of amides is 1. The normalized spacial score (nSPS) is 10.3. The molecule has 0 aromatic heterocycles. The third-order valence-corrected chi connectivity index (χ3v) is 2.72. The number of halogens is 1. The number of carbonyl (C=O) groups excluding carboxylic acids is 1. The Morgan fingerprint density at radius 2 is 2.24 bits per heavy atom. The molecule has 0 aliphatic rings. The van der Waals surface area contributed by atoms with Crippen molar-refractivity contribution in [3.8, 4) is 0 Å². The van der Waals surface area contributed by atoms with Crippen LogP contribution in [0.3, 0.4) is 0 Å². The van der Waals surface area contributed by atoms with Gasteiger partial charge in [0.05, 0.1) is 10.6 Å². The number of hydrogen-bond donors (Lipinski definition) is 1. The molecule has 0 heterocycles. The van der Waals surface area contributed by atoms with E-state index in [1.807, 2.05) is 0 Å². The van der Waals surface area contributed by atoms with Crippen LogP contribution in [0, 0.1) is 0 Å². The predicted octanol–water partition coefficient (Wildman–Crippen LogP) is 2.03. The van der Waals surface area contributed by atoms with Crippen LogP contribution < -0.4 is 5.73 Å². The largest absolute Gasteiger partial charge is 0.399 e. The Balaban J connectivity index is 2.68. The third kappa shape index (κ3) is 3.91. The third-order valence-electron chi connectivity index (χ3n) is 2.41. The van der Waals surface area contributed by atoms with E-state index in [1.54, 1.807) is 37.3 Å². The van der Waals surface area contributed by atoms with Crippen molar-refractivity contribution in [2.24, 2.45) is 0 Å². The monoisotopic (exact) mass is 256 g/mol. The van der Waals surface area contributed by atoms with E-state index in [-0.39, 0.29) is 5.91 Å². The SMILES string of the molecule is COCCCN(C)C(=O)c1ccc(N)cc1Cl. The molecule has 0 saturated carbocycles. The van der Waals surface area contributed by atoms with Gasteiger partial charge in [0.2, 0.25) is 0 Å². The maximum absolute atomic E-state index is 12.0. The lowest BCUT2D eigenvalue weighted by Crippen LogP contribution is -2.28. The van der Waals surface area contributed by atoms with E-state index in [0.717, 1.165) is 6.42 Å². The molecule has 0 fully saturated rings. The number of carbonyl (C=O) groups is 1. The molecule has 1 aromatic carbocycles. The Labute approximate surface area is 106 Å². The molecule has 1 aromatic rings. The van der Waals surface area contributed by atoms with Crippen molar-refractivity contribution in [3.63, 3.8) is 0 Å². The molecule has 94 valence electrons. The molecule has 4 nitrogen and oxygen atoms in total. The second-order valence-electron chi connectivity index (χ2n) is 3.81. The van der Waals surface area contributed by atoms with Crippen molar-refractivity contribution < 1.29 is 9.53 Å². The number of nitrogens with two attached hydrogens (primary N) is 1. The van der Waals surface area contributed by atoms with Crippen molar-refractivity contribution in [2.75, 3.05) is 33.0 Å². The van der Waals surface area contributed by atoms with Gasteiger partial charge in [0.1, 0.15) is 0 Å². The lowest BCUT2D eigenvalue weighted by Gasteiger charge is -2.17. The van der Waals surface area contributed by atoms with Gasteiger partial charge in [-0.1, -0.05) is 11.6 Å². The number of ether oxygens (including phenoxy) is 1. The van der Waals surface area contributed by atoms with Crippen molar-refractivity contribution in [1.82, 2.24) is 4.90 Å². The van der Waals surface area contributed by atoms with Crippen LogP contribution >= 0.6 is 11.6 Å². The number of anilines is 1. The minimum absolute atomic E-state index is 0.105. The first-order valence-corrected chi connectivity index (χ1v) is 5.73. The van der Waals surface area contributed by atoms with Gasteiger partial charge in [-0.25, -0.2) is 0 Å². The van der Waals surface area contributed by atoms with Crippen LogP contribution in [0.2, 0.25) is 5.02 Å². The summed E-state index contributed by atoms with van der Waals surface area (Å²) in [5, 5.41) is 0.383. The highest BCUT2D eigenvalue weighted by atomic mass is 35.5. The summed E-state index contributed by atoms with van der Waals surface area (Å²) in [6.07, 6.45) is 0.797. The standard InChI is InChI=1S/C12H17ClN2O2/c1-15(6-3-7-17-2)12(16)10-5-4-9(14)8-11(10)13/h4-5,8H,3,6-7,14H2,1-2H3. The Morgan fingerprint density at radius 1 is 1.53 bits per heavy atom. The molecule has 0 aliphatic heterocycles. The highest BCUT2D eigenvalue weighted by Crippen LogP contribution is 2.20. The van der Waals surface area contributed by atoms with Gasteiger partial charge in [-0.05, 0) is 24.6 Å². The second-order valence-corrected chi connectivity index (χ2v) is 4.22. The fourth-order valence-corrected chi connectivity index (χ4v) is 1.73. The van der Waals surface area contributed by atoms with Gasteiger partial charge in [0.15, 0.2) is 0 Å². The lowest BCUT2D eigenvalue weighted by molar-refractivity contribution is 0.0779. The van der Waals surface area contributed by atoms with Gasteiger partial charge in [-0.15, -0.1) is 0 Å². The first-order valence-electron chi connectivity index (χ1n) is 5.35. The maximum Gasteiger partial charge on any atom is 0.255 e. The first-order chi connectivity index (χ1) is 8.06. The van der Waals surface area contributed by atoms with Crippen molar-refractivity contribution in [1.29, 1.82) is 0 Å².